The molecule has 5 nitrogen and oxygen atoms in total. The zero-order valence-electron chi connectivity index (χ0n) is 11.4. The number of rotatable bonds is 3. The second-order valence-electron chi connectivity index (χ2n) is 5.25. The molecule has 6 heteroatoms. The number of morpholine rings is 1. The summed E-state index contributed by atoms with van der Waals surface area (Å²) in [5.74, 6) is 1.08. The maximum Gasteiger partial charge on any atom is 0.195 e. The Bertz CT molecular complexity index is 562. The Morgan fingerprint density at radius 3 is 3.21 bits per heavy atom. The molecule has 1 fully saturated rings. The molecule has 2 aromatic heterocycles. The van der Waals surface area contributed by atoms with E-state index in [4.69, 9.17) is 15.5 Å². The number of anilines is 1. The van der Waals surface area contributed by atoms with Crippen LogP contribution in [0.4, 0.5) is 5.82 Å². The molecular formula is C13H20N4OS. The largest absolute Gasteiger partial charge is 0.375 e. The summed E-state index contributed by atoms with van der Waals surface area (Å²) in [6, 6.07) is 0.136. The van der Waals surface area contributed by atoms with Crippen LogP contribution in [0.25, 0.3) is 4.96 Å². The van der Waals surface area contributed by atoms with Crippen LogP contribution in [0.2, 0.25) is 0 Å². The van der Waals surface area contributed by atoms with Gasteiger partial charge in [0.15, 0.2) is 10.8 Å². The maximum atomic E-state index is 5.99. The van der Waals surface area contributed by atoms with Crippen molar-refractivity contribution in [1.29, 1.82) is 0 Å². The molecule has 1 aliphatic rings. The lowest BCUT2D eigenvalue weighted by Crippen LogP contribution is -2.42. The average molecular weight is 280 g/mol. The first-order valence-electron chi connectivity index (χ1n) is 6.71. The molecule has 2 unspecified atom stereocenters. The molecule has 0 spiro atoms. The predicted octanol–water partition coefficient (Wildman–Crippen LogP) is 1.51. The zero-order valence-corrected chi connectivity index (χ0v) is 12.2. The molecule has 1 aliphatic heterocycles. The first kappa shape index (κ1) is 12.9. The molecule has 3 rings (SSSR count). The fourth-order valence-electron chi connectivity index (χ4n) is 2.58. The second-order valence-corrected chi connectivity index (χ2v) is 6.12. The standard InChI is InChI=1S/C13H20N4OS/c1-9(14)7-11-12(15-13-17(11)4-6-19-13)16-3-5-18-10(2)8-16/h4,6,9-10H,3,5,7-8,14H2,1-2H3. The molecule has 0 aromatic carbocycles. The minimum Gasteiger partial charge on any atom is -0.375 e. The molecule has 0 amide bonds. The van der Waals surface area contributed by atoms with Gasteiger partial charge in [-0.1, -0.05) is 0 Å². The fourth-order valence-corrected chi connectivity index (χ4v) is 3.31. The van der Waals surface area contributed by atoms with Gasteiger partial charge < -0.3 is 15.4 Å². The third-order valence-electron chi connectivity index (χ3n) is 3.40. The van der Waals surface area contributed by atoms with Gasteiger partial charge in [0, 0.05) is 37.1 Å². The lowest BCUT2D eigenvalue weighted by molar-refractivity contribution is 0.0529. The van der Waals surface area contributed by atoms with Gasteiger partial charge in [0.25, 0.3) is 0 Å². The Kier molecular flexibility index (Phi) is 3.47. The average Bonchev–Trinajstić information content (AvgIpc) is 2.91. The molecular weight excluding hydrogens is 260 g/mol. The van der Waals surface area contributed by atoms with Crippen LogP contribution in [0.5, 0.6) is 0 Å². The van der Waals surface area contributed by atoms with Gasteiger partial charge in [-0.15, -0.1) is 11.3 Å². The summed E-state index contributed by atoms with van der Waals surface area (Å²) in [6.07, 6.45) is 3.19. The Labute approximate surface area is 117 Å². The SMILES string of the molecule is CC(N)Cc1c(N2CCOC(C)C2)nc2sccn12. The maximum absolute atomic E-state index is 5.99. The summed E-state index contributed by atoms with van der Waals surface area (Å²) < 4.78 is 7.78. The molecule has 2 atom stereocenters. The fraction of sp³-hybridized carbons (Fsp3) is 0.615. The van der Waals surface area contributed by atoms with E-state index in [1.54, 1.807) is 11.3 Å². The van der Waals surface area contributed by atoms with Crippen molar-refractivity contribution >= 4 is 22.1 Å². The van der Waals surface area contributed by atoms with E-state index in [-0.39, 0.29) is 12.1 Å². The van der Waals surface area contributed by atoms with Crippen molar-refractivity contribution in [2.45, 2.75) is 32.4 Å². The Morgan fingerprint density at radius 2 is 2.47 bits per heavy atom. The Morgan fingerprint density at radius 1 is 1.63 bits per heavy atom. The van der Waals surface area contributed by atoms with E-state index in [0.29, 0.717) is 0 Å². The van der Waals surface area contributed by atoms with E-state index in [9.17, 15) is 0 Å². The lowest BCUT2D eigenvalue weighted by Gasteiger charge is -2.32. The van der Waals surface area contributed by atoms with Crippen molar-refractivity contribution < 1.29 is 4.74 Å². The molecule has 2 aromatic rings. The third-order valence-corrected chi connectivity index (χ3v) is 4.15. The molecule has 0 aliphatic carbocycles. The zero-order chi connectivity index (χ0) is 13.4. The first-order valence-corrected chi connectivity index (χ1v) is 7.59. The number of hydrogen-bond acceptors (Lipinski definition) is 5. The van der Waals surface area contributed by atoms with Crippen LogP contribution in [0.3, 0.4) is 0 Å². The van der Waals surface area contributed by atoms with Gasteiger partial charge in [0.05, 0.1) is 18.4 Å². The molecule has 1 saturated heterocycles. The number of nitrogens with zero attached hydrogens (tertiary/aromatic N) is 3. The second kappa shape index (κ2) is 5.11. The van der Waals surface area contributed by atoms with Crippen molar-refractivity contribution in [3.8, 4) is 0 Å². The first-order chi connectivity index (χ1) is 9.15. The van der Waals surface area contributed by atoms with Gasteiger partial charge in [0.2, 0.25) is 0 Å². The summed E-state index contributed by atoms with van der Waals surface area (Å²) in [4.78, 5) is 8.15. The van der Waals surface area contributed by atoms with Crippen LogP contribution in [-0.2, 0) is 11.2 Å². The van der Waals surface area contributed by atoms with Crippen molar-refractivity contribution in [1.82, 2.24) is 9.38 Å². The molecule has 19 heavy (non-hydrogen) atoms. The van der Waals surface area contributed by atoms with Crippen LogP contribution in [0.15, 0.2) is 11.6 Å². The van der Waals surface area contributed by atoms with Gasteiger partial charge in [-0.05, 0) is 13.8 Å². The van der Waals surface area contributed by atoms with Gasteiger partial charge >= 0.3 is 0 Å². The summed E-state index contributed by atoms with van der Waals surface area (Å²) in [6.45, 7) is 6.72. The van der Waals surface area contributed by atoms with E-state index < -0.39 is 0 Å². The van der Waals surface area contributed by atoms with E-state index in [1.165, 1.54) is 5.69 Å². The van der Waals surface area contributed by atoms with Crippen LogP contribution >= 0.6 is 11.3 Å². The van der Waals surface area contributed by atoms with E-state index in [0.717, 1.165) is 36.9 Å². The topological polar surface area (TPSA) is 55.8 Å². The molecule has 2 N–H and O–H groups in total. The summed E-state index contributed by atoms with van der Waals surface area (Å²) in [5.41, 5.74) is 7.21. The molecule has 0 saturated carbocycles. The van der Waals surface area contributed by atoms with Crippen LogP contribution in [-0.4, -0.2) is 41.2 Å². The monoisotopic (exact) mass is 280 g/mol. The van der Waals surface area contributed by atoms with Gasteiger partial charge in [-0.3, -0.25) is 4.40 Å². The number of ether oxygens (including phenoxy) is 1. The van der Waals surface area contributed by atoms with Crippen molar-refractivity contribution in [2.24, 2.45) is 5.73 Å². The minimum atomic E-state index is 0.136. The molecule has 0 radical (unpaired) electrons. The summed E-state index contributed by atoms with van der Waals surface area (Å²) >= 11 is 1.67. The number of imidazole rings is 1. The predicted molar refractivity (Wildman–Crippen MR) is 78.0 cm³/mol. The molecule has 0 bridgehead atoms. The van der Waals surface area contributed by atoms with E-state index in [1.807, 2.05) is 6.92 Å². The quantitative estimate of drug-likeness (QED) is 0.926. The minimum absolute atomic E-state index is 0.136. The molecule has 3 heterocycles. The van der Waals surface area contributed by atoms with Gasteiger partial charge in [0.1, 0.15) is 0 Å². The van der Waals surface area contributed by atoms with Gasteiger partial charge in [-0.2, -0.15) is 0 Å². The number of aromatic nitrogens is 2. The van der Waals surface area contributed by atoms with Crippen LogP contribution in [0, 0.1) is 0 Å². The number of thiazole rings is 1. The number of nitrogens with two attached hydrogens (primary N) is 1. The smallest absolute Gasteiger partial charge is 0.195 e. The highest BCUT2D eigenvalue weighted by atomic mass is 32.1. The van der Waals surface area contributed by atoms with E-state index >= 15 is 0 Å². The van der Waals surface area contributed by atoms with Crippen molar-refractivity contribution in [3.63, 3.8) is 0 Å². The molecule has 104 valence electrons. The Hall–Kier alpha value is -1.11. The summed E-state index contributed by atoms with van der Waals surface area (Å²) in [5, 5.41) is 2.07. The third kappa shape index (κ3) is 2.48. The highest BCUT2D eigenvalue weighted by molar-refractivity contribution is 7.15. The van der Waals surface area contributed by atoms with Crippen LogP contribution < -0.4 is 10.6 Å². The highest BCUT2D eigenvalue weighted by Crippen LogP contribution is 2.27. The number of fused-ring (bicyclic) bond motifs is 1. The van der Waals surface area contributed by atoms with Gasteiger partial charge in [-0.25, -0.2) is 4.98 Å². The van der Waals surface area contributed by atoms with E-state index in [2.05, 4.69) is 27.8 Å². The Balaban J connectivity index is 1.98. The normalized spacial score (nSPS) is 22.1. The van der Waals surface area contributed by atoms with Crippen molar-refractivity contribution in [2.75, 3.05) is 24.6 Å². The lowest BCUT2D eigenvalue weighted by atomic mass is 10.2. The van der Waals surface area contributed by atoms with Crippen molar-refractivity contribution in [3.05, 3.63) is 17.3 Å². The summed E-state index contributed by atoms with van der Waals surface area (Å²) in [7, 11) is 0. The van der Waals surface area contributed by atoms with Crippen LogP contribution in [0.1, 0.15) is 19.5 Å². The number of hydrogen-bond donors (Lipinski definition) is 1. The highest BCUT2D eigenvalue weighted by Gasteiger charge is 2.24.